The highest BCUT2D eigenvalue weighted by molar-refractivity contribution is 7.92. The van der Waals surface area contributed by atoms with Gasteiger partial charge in [-0.2, -0.15) is 0 Å². The number of urea groups is 1. The van der Waals surface area contributed by atoms with Crippen LogP contribution in [0.4, 0.5) is 25.0 Å². The van der Waals surface area contributed by atoms with E-state index in [0.717, 1.165) is 50.7 Å². The average molecular weight is 653 g/mol. The second kappa shape index (κ2) is 16.0. The fourth-order valence-corrected chi connectivity index (χ4v) is 5.47. The van der Waals surface area contributed by atoms with Crippen LogP contribution in [0.5, 0.6) is 11.5 Å². The first-order valence-corrected chi connectivity index (χ1v) is 16.2. The molecule has 44 heavy (non-hydrogen) atoms. The van der Waals surface area contributed by atoms with E-state index in [4.69, 9.17) is 4.74 Å². The number of halogens is 3. The zero-order chi connectivity index (χ0) is 31.0. The molecule has 0 unspecified atom stereocenters. The fourth-order valence-electron chi connectivity index (χ4n) is 4.91. The molecule has 1 aliphatic heterocycles. The van der Waals surface area contributed by atoms with Gasteiger partial charge in [-0.1, -0.05) is 25.5 Å². The van der Waals surface area contributed by atoms with Gasteiger partial charge in [0.05, 0.1) is 18.6 Å². The van der Waals surface area contributed by atoms with Gasteiger partial charge in [-0.05, 0) is 67.3 Å². The normalized spacial score (nSPS) is 14.0. The largest absolute Gasteiger partial charge is 0.457 e. The standard InChI is InChI=1S/C31H38F2N4O5S.ClH/c1-3-4-15-37(30-18-23(21-38)28(32)19-29(30)33)31(39)34-24-13-16-36(17-14-24)20-22-5-9-26(10-6-22)42-27-11-7-25(8-12-27)35-43(2,40)41;/h5-12,18-19,24,35,38H,3-4,13-17,20-21H2,1-2H3,(H,34,39);1H. The summed E-state index contributed by atoms with van der Waals surface area (Å²) in [5.41, 5.74) is 1.47. The molecule has 3 aromatic carbocycles. The van der Waals surface area contributed by atoms with Crippen LogP contribution in [0.2, 0.25) is 0 Å². The van der Waals surface area contributed by atoms with Crippen molar-refractivity contribution in [2.24, 2.45) is 0 Å². The summed E-state index contributed by atoms with van der Waals surface area (Å²) in [5.74, 6) is -0.442. The van der Waals surface area contributed by atoms with Crippen LogP contribution in [0, 0.1) is 11.6 Å². The second-order valence-electron chi connectivity index (χ2n) is 10.7. The van der Waals surface area contributed by atoms with E-state index in [0.29, 0.717) is 29.7 Å². The number of amides is 2. The quantitative estimate of drug-likeness (QED) is 0.221. The van der Waals surface area contributed by atoms with Crippen LogP contribution in [-0.2, 0) is 23.2 Å². The number of hydrogen-bond acceptors (Lipinski definition) is 6. The number of carbonyl (C=O) groups is 1. The molecular weight excluding hydrogens is 614 g/mol. The van der Waals surface area contributed by atoms with E-state index in [1.165, 1.54) is 11.0 Å². The number of anilines is 2. The third-order valence-corrected chi connectivity index (χ3v) is 7.80. The molecule has 0 saturated carbocycles. The lowest BCUT2D eigenvalue weighted by molar-refractivity contribution is 0.188. The maximum absolute atomic E-state index is 14.7. The van der Waals surface area contributed by atoms with E-state index in [1.807, 2.05) is 31.2 Å². The number of aliphatic hydroxyl groups is 1. The first-order chi connectivity index (χ1) is 20.5. The molecule has 0 atom stereocenters. The highest BCUT2D eigenvalue weighted by atomic mass is 35.5. The minimum atomic E-state index is -3.34. The Morgan fingerprint density at radius 3 is 2.20 bits per heavy atom. The molecule has 240 valence electrons. The van der Waals surface area contributed by atoms with Crippen molar-refractivity contribution in [2.75, 3.05) is 35.5 Å². The van der Waals surface area contributed by atoms with Crippen molar-refractivity contribution < 1.29 is 31.8 Å². The number of likely N-dealkylation sites (tertiary alicyclic amines) is 1. The Balaban J connectivity index is 0.00000529. The van der Waals surface area contributed by atoms with Gasteiger partial charge in [-0.15, -0.1) is 12.4 Å². The van der Waals surface area contributed by atoms with E-state index in [-0.39, 0.29) is 36.2 Å². The lowest BCUT2D eigenvalue weighted by Gasteiger charge is -2.34. The molecule has 4 rings (SSSR count). The summed E-state index contributed by atoms with van der Waals surface area (Å²) in [5, 5.41) is 12.4. The molecule has 0 aromatic heterocycles. The summed E-state index contributed by atoms with van der Waals surface area (Å²) < 4.78 is 59.6. The Bertz CT molecular complexity index is 1490. The monoisotopic (exact) mass is 652 g/mol. The number of ether oxygens (including phenoxy) is 1. The number of sulfonamides is 1. The molecule has 0 spiro atoms. The van der Waals surface area contributed by atoms with Crippen LogP contribution < -0.4 is 19.7 Å². The summed E-state index contributed by atoms with van der Waals surface area (Å²) >= 11 is 0. The number of carbonyl (C=O) groups excluding carboxylic acids is 1. The number of piperidine rings is 1. The third-order valence-electron chi connectivity index (χ3n) is 7.20. The van der Waals surface area contributed by atoms with Gasteiger partial charge in [-0.25, -0.2) is 22.0 Å². The van der Waals surface area contributed by atoms with E-state index in [2.05, 4.69) is 14.9 Å². The first kappa shape index (κ1) is 35.0. The van der Waals surface area contributed by atoms with E-state index >= 15 is 0 Å². The molecule has 0 aliphatic carbocycles. The number of nitrogens with zero attached hydrogens (tertiary/aromatic N) is 2. The van der Waals surface area contributed by atoms with Crippen molar-refractivity contribution >= 4 is 39.8 Å². The number of unbranched alkanes of at least 4 members (excludes halogenated alkanes) is 1. The predicted octanol–water partition coefficient (Wildman–Crippen LogP) is 6.02. The van der Waals surface area contributed by atoms with Crippen LogP contribution in [-0.4, -0.2) is 56.4 Å². The molecule has 3 N–H and O–H groups in total. The Kier molecular flexibility index (Phi) is 12.8. The molecular formula is C31H39ClF2N4O5S. The molecule has 9 nitrogen and oxygen atoms in total. The van der Waals surface area contributed by atoms with Crippen LogP contribution in [0.3, 0.4) is 0 Å². The van der Waals surface area contributed by atoms with E-state index < -0.39 is 34.3 Å². The highest BCUT2D eigenvalue weighted by Gasteiger charge is 2.26. The maximum atomic E-state index is 14.7. The third kappa shape index (κ3) is 10.0. The molecule has 3 aromatic rings. The van der Waals surface area contributed by atoms with Crippen LogP contribution in [0.15, 0.2) is 60.7 Å². The minimum absolute atomic E-state index is 0. The molecule has 1 saturated heterocycles. The molecule has 13 heteroatoms. The SMILES string of the molecule is CCCCN(C(=O)NC1CCN(Cc2ccc(Oc3ccc(NS(C)(=O)=O)cc3)cc2)CC1)c1cc(CO)c(F)cc1F.Cl. The van der Waals surface area contributed by atoms with Crippen LogP contribution in [0.1, 0.15) is 43.7 Å². The average Bonchev–Trinajstić information content (AvgIpc) is 2.96. The number of nitrogens with one attached hydrogen (secondary N) is 2. The van der Waals surface area contributed by atoms with Gasteiger partial charge >= 0.3 is 6.03 Å². The second-order valence-corrected chi connectivity index (χ2v) is 12.5. The zero-order valence-corrected chi connectivity index (χ0v) is 26.4. The van der Waals surface area contributed by atoms with Crippen molar-refractivity contribution in [1.29, 1.82) is 0 Å². The van der Waals surface area contributed by atoms with Crippen molar-refractivity contribution in [3.8, 4) is 11.5 Å². The topological polar surface area (TPSA) is 111 Å². The number of rotatable bonds is 12. The minimum Gasteiger partial charge on any atom is -0.457 e. The van der Waals surface area contributed by atoms with Crippen molar-refractivity contribution in [1.82, 2.24) is 10.2 Å². The Hall–Kier alpha value is -3.45. The van der Waals surface area contributed by atoms with Crippen molar-refractivity contribution in [2.45, 2.75) is 51.8 Å². The summed E-state index contributed by atoms with van der Waals surface area (Å²) in [6.45, 7) is 3.93. The molecule has 0 bridgehead atoms. The van der Waals surface area contributed by atoms with Crippen LogP contribution >= 0.6 is 12.4 Å². The lowest BCUT2D eigenvalue weighted by Crippen LogP contribution is -2.49. The van der Waals surface area contributed by atoms with Gasteiger partial charge in [0, 0.05) is 49.5 Å². The van der Waals surface area contributed by atoms with Gasteiger partial charge < -0.3 is 15.2 Å². The number of benzene rings is 3. The summed E-state index contributed by atoms with van der Waals surface area (Å²) in [7, 11) is -3.34. The smallest absolute Gasteiger partial charge is 0.322 e. The van der Waals surface area contributed by atoms with Gasteiger partial charge in [-0.3, -0.25) is 14.5 Å². The predicted molar refractivity (Wildman–Crippen MR) is 170 cm³/mol. The Labute approximate surface area is 263 Å². The summed E-state index contributed by atoms with van der Waals surface area (Å²) in [6, 6.07) is 15.8. The Morgan fingerprint density at radius 1 is 1.02 bits per heavy atom. The van der Waals surface area contributed by atoms with Gasteiger partial charge in [0.15, 0.2) is 0 Å². The first-order valence-electron chi connectivity index (χ1n) is 14.3. The van der Waals surface area contributed by atoms with Crippen molar-refractivity contribution in [3.05, 3.63) is 83.4 Å². The van der Waals surface area contributed by atoms with E-state index in [1.54, 1.807) is 24.3 Å². The highest BCUT2D eigenvalue weighted by Crippen LogP contribution is 2.26. The fraction of sp³-hybridized carbons (Fsp3) is 0.387. The number of hydrogen-bond donors (Lipinski definition) is 3. The zero-order valence-electron chi connectivity index (χ0n) is 24.8. The van der Waals surface area contributed by atoms with Gasteiger partial charge in [0.2, 0.25) is 10.0 Å². The summed E-state index contributed by atoms with van der Waals surface area (Å²) in [6.07, 6.45) is 4.00. The molecule has 1 fully saturated rings. The molecule has 1 heterocycles. The maximum Gasteiger partial charge on any atom is 0.322 e. The Morgan fingerprint density at radius 2 is 1.64 bits per heavy atom. The molecule has 0 radical (unpaired) electrons. The van der Waals surface area contributed by atoms with Gasteiger partial charge in [0.25, 0.3) is 0 Å². The molecule has 2 amide bonds. The number of aliphatic hydroxyl groups excluding tert-OH is 1. The summed E-state index contributed by atoms with van der Waals surface area (Å²) in [4.78, 5) is 16.8. The molecule has 1 aliphatic rings. The lowest BCUT2D eigenvalue weighted by atomic mass is 10.0. The van der Waals surface area contributed by atoms with E-state index in [9.17, 15) is 27.1 Å². The van der Waals surface area contributed by atoms with Gasteiger partial charge in [0.1, 0.15) is 23.1 Å². The van der Waals surface area contributed by atoms with Crippen molar-refractivity contribution in [3.63, 3.8) is 0 Å². The van der Waals surface area contributed by atoms with Crippen LogP contribution in [0.25, 0.3) is 0 Å².